The summed E-state index contributed by atoms with van der Waals surface area (Å²) in [7, 11) is 0. The van der Waals surface area contributed by atoms with Crippen molar-refractivity contribution in [2.75, 3.05) is 11.0 Å². The van der Waals surface area contributed by atoms with Crippen LogP contribution in [0.25, 0.3) is 0 Å². The van der Waals surface area contributed by atoms with Gasteiger partial charge in [0.1, 0.15) is 23.5 Å². The van der Waals surface area contributed by atoms with Gasteiger partial charge in [0, 0.05) is 16.1 Å². The van der Waals surface area contributed by atoms with Crippen LogP contribution in [0, 0.1) is 6.92 Å². The second kappa shape index (κ2) is 7.66. The monoisotopic (exact) mass is 416 g/mol. The topological polar surface area (TPSA) is 35.5 Å². The fourth-order valence-electron chi connectivity index (χ4n) is 1.83. The summed E-state index contributed by atoms with van der Waals surface area (Å²) in [6.07, 6.45) is 0.796. The van der Waals surface area contributed by atoms with Gasteiger partial charge in [0.15, 0.2) is 0 Å². The molecule has 3 nitrogen and oxygen atoms in total. The van der Waals surface area contributed by atoms with Gasteiger partial charge in [-0.25, -0.2) is 0 Å². The van der Waals surface area contributed by atoms with Gasteiger partial charge in [-0.1, -0.05) is 34.2 Å². The normalized spacial score (nSPS) is 10.2. The zero-order valence-corrected chi connectivity index (χ0v) is 14.3. The van der Waals surface area contributed by atoms with Gasteiger partial charge in [0.25, 0.3) is 0 Å². The Morgan fingerprint density at radius 3 is 2.48 bits per heavy atom. The first kappa shape index (κ1) is 16.1. The first-order valence-electron chi connectivity index (χ1n) is 6.36. The largest absolute Gasteiger partial charge is 0.491 e. The molecule has 0 aliphatic rings. The van der Waals surface area contributed by atoms with Crippen molar-refractivity contribution in [2.24, 2.45) is 0 Å². The molecule has 2 rings (SSSR count). The van der Waals surface area contributed by atoms with E-state index < -0.39 is 0 Å². The zero-order valence-electron chi connectivity index (χ0n) is 11.4. The third kappa shape index (κ3) is 4.35. The van der Waals surface area contributed by atoms with E-state index in [1.54, 1.807) is 30.3 Å². The van der Waals surface area contributed by atoms with Crippen molar-refractivity contribution in [3.8, 4) is 17.2 Å². The van der Waals surface area contributed by atoms with E-state index in [4.69, 9.17) is 21.1 Å². The van der Waals surface area contributed by atoms with Gasteiger partial charge in [-0.3, -0.25) is 4.79 Å². The van der Waals surface area contributed by atoms with Crippen molar-refractivity contribution in [1.82, 2.24) is 0 Å². The van der Waals surface area contributed by atoms with Crippen LogP contribution in [0.2, 0.25) is 5.02 Å². The van der Waals surface area contributed by atoms with Gasteiger partial charge in [-0.15, -0.1) is 0 Å². The Hall–Kier alpha value is -1.27. The number of carbonyl (C=O) groups is 1. The molecule has 0 heterocycles. The summed E-state index contributed by atoms with van der Waals surface area (Å²) in [5.41, 5.74) is 1.53. The molecule has 0 spiro atoms. The number of alkyl halides is 1. The molecule has 0 aromatic heterocycles. The molecule has 0 fully saturated rings. The molecule has 110 valence electrons. The summed E-state index contributed by atoms with van der Waals surface area (Å²) in [6, 6.07) is 10.5. The fourth-order valence-corrected chi connectivity index (χ4v) is 2.36. The highest BCUT2D eigenvalue weighted by Crippen LogP contribution is 2.34. The molecule has 0 atom stereocenters. The lowest BCUT2D eigenvalue weighted by Gasteiger charge is -2.13. The molecule has 5 heteroatoms. The maximum Gasteiger partial charge on any atom is 0.150 e. The van der Waals surface area contributed by atoms with Crippen molar-refractivity contribution in [1.29, 1.82) is 0 Å². The van der Waals surface area contributed by atoms with Crippen LogP contribution in [0.3, 0.4) is 0 Å². The molecule has 0 N–H and O–H groups in total. The molecule has 2 aromatic rings. The molecule has 0 aliphatic heterocycles. The second-order valence-corrected chi connectivity index (χ2v) is 5.86. The first-order valence-corrected chi connectivity index (χ1v) is 8.26. The third-order valence-corrected chi connectivity index (χ3v) is 3.50. The van der Waals surface area contributed by atoms with Crippen LogP contribution >= 0.6 is 34.2 Å². The molecule has 0 unspecified atom stereocenters. The summed E-state index contributed by atoms with van der Waals surface area (Å²) in [4.78, 5) is 10.6. The summed E-state index contributed by atoms with van der Waals surface area (Å²) in [6.45, 7) is 2.55. The van der Waals surface area contributed by atoms with Gasteiger partial charge in [-0.2, -0.15) is 0 Å². The Morgan fingerprint density at radius 2 is 1.90 bits per heavy atom. The molecule has 0 saturated heterocycles. The van der Waals surface area contributed by atoms with Crippen LogP contribution < -0.4 is 9.47 Å². The van der Waals surface area contributed by atoms with Crippen LogP contribution in [0.5, 0.6) is 17.2 Å². The minimum Gasteiger partial charge on any atom is -0.491 e. The lowest BCUT2D eigenvalue weighted by atomic mass is 10.2. The predicted molar refractivity (Wildman–Crippen MR) is 92.5 cm³/mol. The highest BCUT2D eigenvalue weighted by molar-refractivity contribution is 14.1. The highest BCUT2D eigenvalue weighted by Gasteiger charge is 2.09. The van der Waals surface area contributed by atoms with Gasteiger partial charge < -0.3 is 9.47 Å². The van der Waals surface area contributed by atoms with Crippen molar-refractivity contribution in [2.45, 2.75) is 6.92 Å². The number of rotatable bonds is 6. The van der Waals surface area contributed by atoms with E-state index in [0.29, 0.717) is 34.4 Å². The maximum atomic E-state index is 10.6. The SMILES string of the molecule is Cc1cc(Oc2ccc(C=O)cc2)cc(Cl)c1OCCI. The van der Waals surface area contributed by atoms with E-state index in [1.807, 2.05) is 13.0 Å². The van der Waals surface area contributed by atoms with Crippen molar-refractivity contribution < 1.29 is 14.3 Å². The lowest BCUT2D eigenvalue weighted by molar-refractivity contribution is 0.112. The number of carbonyl (C=O) groups excluding carboxylic acids is 1. The number of ether oxygens (including phenoxy) is 2. The van der Waals surface area contributed by atoms with Crippen LogP contribution in [-0.4, -0.2) is 17.3 Å². The Kier molecular flexibility index (Phi) is 5.87. The maximum absolute atomic E-state index is 10.6. The average Bonchev–Trinajstić information content (AvgIpc) is 2.47. The predicted octanol–water partition coefficient (Wildman–Crippen LogP) is 5.07. The standard InChI is InChI=1S/C16H14ClIO3/c1-11-8-14(9-15(17)16(11)20-7-6-18)21-13-4-2-12(10-19)3-5-13/h2-5,8-10H,6-7H2,1H3. The Balaban J connectivity index is 2.18. The van der Waals surface area contributed by atoms with Crippen LogP contribution in [0.1, 0.15) is 15.9 Å². The van der Waals surface area contributed by atoms with E-state index in [-0.39, 0.29) is 0 Å². The fraction of sp³-hybridized carbons (Fsp3) is 0.188. The van der Waals surface area contributed by atoms with E-state index in [0.717, 1.165) is 16.3 Å². The number of benzene rings is 2. The molecule has 0 amide bonds. The highest BCUT2D eigenvalue weighted by atomic mass is 127. The third-order valence-electron chi connectivity index (χ3n) is 2.78. The van der Waals surface area contributed by atoms with E-state index in [1.165, 1.54) is 0 Å². The number of aryl methyl sites for hydroxylation is 1. The number of hydrogen-bond donors (Lipinski definition) is 0. The van der Waals surface area contributed by atoms with Crippen molar-refractivity contribution >= 4 is 40.5 Å². The lowest BCUT2D eigenvalue weighted by Crippen LogP contribution is -2.00. The summed E-state index contributed by atoms with van der Waals surface area (Å²) < 4.78 is 12.3. The van der Waals surface area contributed by atoms with E-state index in [9.17, 15) is 4.79 Å². The first-order chi connectivity index (χ1) is 10.1. The van der Waals surface area contributed by atoms with Crippen LogP contribution in [0.4, 0.5) is 0 Å². The Bertz CT molecular complexity index is 603. The van der Waals surface area contributed by atoms with Gasteiger partial charge in [0.2, 0.25) is 0 Å². The number of hydrogen-bond acceptors (Lipinski definition) is 3. The van der Waals surface area contributed by atoms with E-state index in [2.05, 4.69) is 22.6 Å². The quantitative estimate of drug-likeness (QED) is 0.375. The van der Waals surface area contributed by atoms with Gasteiger partial charge in [0.05, 0.1) is 11.6 Å². The zero-order chi connectivity index (χ0) is 15.2. The molecule has 0 aliphatic carbocycles. The summed E-state index contributed by atoms with van der Waals surface area (Å²) >= 11 is 8.48. The average molecular weight is 417 g/mol. The summed E-state index contributed by atoms with van der Waals surface area (Å²) in [5.74, 6) is 1.98. The van der Waals surface area contributed by atoms with Crippen molar-refractivity contribution in [3.63, 3.8) is 0 Å². The molecule has 2 aromatic carbocycles. The molecule has 0 radical (unpaired) electrons. The second-order valence-electron chi connectivity index (χ2n) is 4.38. The Morgan fingerprint density at radius 1 is 1.19 bits per heavy atom. The Labute approximate surface area is 142 Å². The number of aldehydes is 1. The van der Waals surface area contributed by atoms with Gasteiger partial charge in [-0.05, 0) is 42.8 Å². The van der Waals surface area contributed by atoms with Gasteiger partial charge >= 0.3 is 0 Å². The smallest absolute Gasteiger partial charge is 0.150 e. The van der Waals surface area contributed by atoms with E-state index >= 15 is 0 Å². The van der Waals surface area contributed by atoms with Crippen molar-refractivity contribution in [3.05, 3.63) is 52.5 Å². The molecular weight excluding hydrogens is 403 g/mol. The molecule has 21 heavy (non-hydrogen) atoms. The molecule has 0 bridgehead atoms. The van der Waals surface area contributed by atoms with Crippen LogP contribution in [0.15, 0.2) is 36.4 Å². The van der Waals surface area contributed by atoms with Crippen LogP contribution in [-0.2, 0) is 0 Å². The minimum absolute atomic E-state index is 0.527. The summed E-state index contributed by atoms with van der Waals surface area (Å²) in [5, 5.41) is 0.527. The number of halogens is 2. The molecule has 0 saturated carbocycles. The molecular formula is C16H14ClIO3. The minimum atomic E-state index is 0.527.